The van der Waals surface area contributed by atoms with E-state index < -0.39 is 5.97 Å². The maximum Gasteiger partial charge on any atom is 0.335 e. The van der Waals surface area contributed by atoms with Gasteiger partial charge in [-0.05, 0) is 68.3 Å². The third-order valence-corrected chi connectivity index (χ3v) is 5.32. The van der Waals surface area contributed by atoms with Gasteiger partial charge >= 0.3 is 5.97 Å². The number of fused-ring (bicyclic) bond motifs is 1. The zero-order valence-electron chi connectivity index (χ0n) is 12.8. The molecule has 0 bridgehead atoms. The Hall–Kier alpha value is -1.35. The van der Waals surface area contributed by atoms with Crippen LogP contribution < -0.4 is 0 Å². The van der Waals surface area contributed by atoms with E-state index in [1.807, 2.05) is 13.0 Å². The van der Waals surface area contributed by atoms with Crippen molar-refractivity contribution in [3.63, 3.8) is 0 Å². The van der Waals surface area contributed by atoms with Crippen molar-refractivity contribution in [1.82, 2.24) is 4.90 Å². The summed E-state index contributed by atoms with van der Waals surface area (Å²) in [5.41, 5.74) is 2.78. The summed E-state index contributed by atoms with van der Waals surface area (Å²) in [4.78, 5) is 13.7. The summed E-state index contributed by atoms with van der Waals surface area (Å²) < 4.78 is 0. The van der Waals surface area contributed by atoms with E-state index in [9.17, 15) is 4.79 Å². The van der Waals surface area contributed by atoms with Crippen LogP contribution in [-0.4, -0.2) is 28.6 Å². The second kappa shape index (κ2) is 6.18. The van der Waals surface area contributed by atoms with Crippen LogP contribution in [0.3, 0.4) is 0 Å². The minimum atomic E-state index is -0.838. The Morgan fingerprint density at radius 1 is 1.24 bits per heavy atom. The normalized spacial score (nSPS) is 26.3. The number of rotatable bonds is 3. The first-order valence-corrected chi connectivity index (χ1v) is 8.22. The highest BCUT2D eigenvalue weighted by Gasteiger charge is 2.33. The van der Waals surface area contributed by atoms with Gasteiger partial charge in [0.2, 0.25) is 0 Å². The highest BCUT2D eigenvalue weighted by Crippen LogP contribution is 2.36. The predicted molar refractivity (Wildman–Crippen MR) is 83.5 cm³/mol. The van der Waals surface area contributed by atoms with Gasteiger partial charge < -0.3 is 5.11 Å². The minimum Gasteiger partial charge on any atom is -0.478 e. The van der Waals surface area contributed by atoms with Crippen molar-refractivity contribution in [3.8, 4) is 0 Å². The smallest absolute Gasteiger partial charge is 0.335 e. The molecule has 1 aliphatic carbocycles. The molecule has 0 amide bonds. The topological polar surface area (TPSA) is 40.5 Å². The number of carboxylic acid groups (broad SMARTS) is 1. The van der Waals surface area contributed by atoms with E-state index in [1.54, 1.807) is 12.1 Å². The molecule has 1 aromatic rings. The molecule has 0 spiro atoms. The zero-order valence-corrected chi connectivity index (χ0v) is 12.8. The molecule has 114 valence electrons. The number of likely N-dealkylation sites (tertiary alicyclic amines) is 1. The summed E-state index contributed by atoms with van der Waals surface area (Å²) in [6, 6.07) is 6.31. The molecule has 3 rings (SSSR count). The van der Waals surface area contributed by atoms with Gasteiger partial charge in [-0.25, -0.2) is 4.79 Å². The van der Waals surface area contributed by atoms with Gasteiger partial charge in [-0.1, -0.05) is 18.9 Å². The lowest BCUT2D eigenvalue weighted by Crippen LogP contribution is -2.46. The fourth-order valence-corrected chi connectivity index (χ4v) is 4.15. The molecule has 3 heteroatoms. The molecule has 2 aliphatic rings. The van der Waals surface area contributed by atoms with Gasteiger partial charge in [0, 0.05) is 12.6 Å². The van der Waals surface area contributed by atoms with Gasteiger partial charge in [0.15, 0.2) is 0 Å². The van der Waals surface area contributed by atoms with Crippen LogP contribution in [0.5, 0.6) is 0 Å². The molecule has 0 radical (unpaired) electrons. The van der Waals surface area contributed by atoms with Crippen molar-refractivity contribution >= 4 is 5.97 Å². The van der Waals surface area contributed by atoms with Crippen LogP contribution in [0.1, 0.15) is 60.0 Å². The lowest BCUT2D eigenvalue weighted by atomic mass is 9.78. The maximum atomic E-state index is 11.0. The molecule has 1 heterocycles. The largest absolute Gasteiger partial charge is 0.478 e. The Balaban J connectivity index is 1.74. The summed E-state index contributed by atoms with van der Waals surface area (Å²) in [5.74, 6) is 0.0565. The number of carboxylic acids is 1. The fourth-order valence-electron chi connectivity index (χ4n) is 4.15. The Bertz CT molecular complexity index is 524. The quantitative estimate of drug-likeness (QED) is 0.918. The van der Waals surface area contributed by atoms with Crippen LogP contribution >= 0.6 is 0 Å². The Morgan fingerprint density at radius 2 is 2.00 bits per heavy atom. The summed E-state index contributed by atoms with van der Waals surface area (Å²) in [5, 5.41) is 9.07. The van der Waals surface area contributed by atoms with E-state index in [0.717, 1.165) is 24.1 Å². The number of carbonyl (C=O) groups is 1. The molecule has 1 saturated heterocycles. The zero-order chi connectivity index (χ0) is 14.8. The molecule has 1 aliphatic heterocycles. The molecular weight excluding hydrogens is 262 g/mol. The molecule has 0 aromatic heterocycles. The molecule has 1 N–H and O–H groups in total. The first kappa shape index (κ1) is 14.6. The second-order valence-corrected chi connectivity index (χ2v) is 6.67. The Labute approximate surface area is 127 Å². The van der Waals surface area contributed by atoms with Crippen LogP contribution in [0.4, 0.5) is 0 Å². The third-order valence-electron chi connectivity index (χ3n) is 5.32. The van der Waals surface area contributed by atoms with Crippen LogP contribution in [0, 0.1) is 12.8 Å². The summed E-state index contributed by atoms with van der Waals surface area (Å²) in [7, 11) is 0. The van der Waals surface area contributed by atoms with Gasteiger partial charge in [-0.15, -0.1) is 0 Å². The fraction of sp³-hybridized carbons (Fsp3) is 0.611. The standard InChI is InChI=1S/C18H25NO2/c1-13-11-15(18(20)21)8-9-16(13)12-19-10-4-6-14-5-2-3-7-17(14)19/h8-9,11,14,17H,2-7,10,12H2,1H3,(H,20,21)/t14-,17-/m1/s1. The highest BCUT2D eigenvalue weighted by atomic mass is 16.4. The molecule has 1 saturated carbocycles. The van der Waals surface area contributed by atoms with E-state index in [2.05, 4.69) is 4.90 Å². The first-order chi connectivity index (χ1) is 10.1. The van der Waals surface area contributed by atoms with Crippen molar-refractivity contribution in [3.05, 3.63) is 34.9 Å². The van der Waals surface area contributed by atoms with Crippen molar-refractivity contribution in [2.24, 2.45) is 5.92 Å². The predicted octanol–water partition coefficient (Wildman–Crippen LogP) is 3.85. The number of benzene rings is 1. The first-order valence-electron chi connectivity index (χ1n) is 8.22. The minimum absolute atomic E-state index is 0.394. The van der Waals surface area contributed by atoms with E-state index in [0.29, 0.717) is 5.56 Å². The van der Waals surface area contributed by atoms with Gasteiger partial charge in [-0.2, -0.15) is 0 Å². The summed E-state index contributed by atoms with van der Waals surface area (Å²) in [6.45, 7) is 4.21. The molecule has 1 aromatic carbocycles. The van der Waals surface area contributed by atoms with E-state index in [1.165, 1.54) is 50.6 Å². The number of hydrogen-bond acceptors (Lipinski definition) is 2. The Kier molecular flexibility index (Phi) is 4.29. The van der Waals surface area contributed by atoms with Gasteiger partial charge in [0.05, 0.1) is 5.56 Å². The van der Waals surface area contributed by atoms with Crippen LogP contribution in [-0.2, 0) is 6.54 Å². The van der Waals surface area contributed by atoms with Crippen molar-refractivity contribution in [2.45, 2.75) is 58.0 Å². The molecule has 2 fully saturated rings. The van der Waals surface area contributed by atoms with Crippen molar-refractivity contribution in [1.29, 1.82) is 0 Å². The van der Waals surface area contributed by atoms with Gasteiger partial charge in [0.1, 0.15) is 0 Å². The number of aromatic carboxylic acids is 1. The number of aryl methyl sites for hydroxylation is 1. The lowest BCUT2D eigenvalue weighted by molar-refractivity contribution is 0.0545. The van der Waals surface area contributed by atoms with Crippen LogP contribution in [0.25, 0.3) is 0 Å². The second-order valence-electron chi connectivity index (χ2n) is 6.67. The molecular formula is C18H25NO2. The monoisotopic (exact) mass is 287 g/mol. The number of piperidine rings is 1. The summed E-state index contributed by atoms with van der Waals surface area (Å²) >= 11 is 0. The SMILES string of the molecule is Cc1cc(C(=O)O)ccc1CN1CCC[C@H]2CCCC[C@H]21. The van der Waals surface area contributed by atoms with Gasteiger partial charge in [-0.3, -0.25) is 4.90 Å². The summed E-state index contributed by atoms with van der Waals surface area (Å²) in [6.07, 6.45) is 8.23. The van der Waals surface area contributed by atoms with Crippen molar-refractivity contribution < 1.29 is 9.90 Å². The Morgan fingerprint density at radius 3 is 2.76 bits per heavy atom. The lowest BCUT2D eigenvalue weighted by Gasteiger charge is -2.44. The third kappa shape index (κ3) is 3.13. The molecule has 21 heavy (non-hydrogen) atoms. The van der Waals surface area contributed by atoms with E-state index in [4.69, 9.17) is 5.11 Å². The molecule has 3 nitrogen and oxygen atoms in total. The van der Waals surface area contributed by atoms with E-state index in [-0.39, 0.29) is 0 Å². The number of hydrogen-bond donors (Lipinski definition) is 1. The number of nitrogens with zero attached hydrogens (tertiary/aromatic N) is 1. The average molecular weight is 287 g/mol. The van der Waals surface area contributed by atoms with Crippen molar-refractivity contribution in [2.75, 3.05) is 6.54 Å². The average Bonchev–Trinajstić information content (AvgIpc) is 2.49. The molecule has 2 atom stereocenters. The maximum absolute atomic E-state index is 11.0. The van der Waals surface area contributed by atoms with Gasteiger partial charge in [0.25, 0.3) is 0 Å². The van der Waals surface area contributed by atoms with E-state index >= 15 is 0 Å². The van der Waals surface area contributed by atoms with Crippen LogP contribution in [0.2, 0.25) is 0 Å². The highest BCUT2D eigenvalue weighted by molar-refractivity contribution is 5.87. The van der Waals surface area contributed by atoms with Crippen LogP contribution in [0.15, 0.2) is 18.2 Å². The molecule has 0 unspecified atom stereocenters.